The van der Waals surface area contributed by atoms with Crippen LogP contribution in [-0.4, -0.2) is 11.9 Å². The van der Waals surface area contributed by atoms with Crippen LogP contribution >= 0.6 is 0 Å². The Labute approximate surface area is 51.3 Å². The highest BCUT2D eigenvalue weighted by molar-refractivity contribution is 6.14. The van der Waals surface area contributed by atoms with Gasteiger partial charge >= 0.3 is 11.9 Å². The van der Waals surface area contributed by atoms with E-state index in [2.05, 4.69) is 4.74 Å². The van der Waals surface area contributed by atoms with E-state index in [1.54, 1.807) is 0 Å². The van der Waals surface area contributed by atoms with Crippen LogP contribution in [0.25, 0.3) is 0 Å². The second-order valence-electron chi connectivity index (χ2n) is 2.13. The summed E-state index contributed by atoms with van der Waals surface area (Å²) >= 11 is 0. The van der Waals surface area contributed by atoms with Crippen molar-refractivity contribution in [2.45, 2.75) is 12.8 Å². The fraction of sp³-hybridized carbons (Fsp3) is 0.333. The summed E-state index contributed by atoms with van der Waals surface area (Å²) in [6.45, 7) is 0. The highest BCUT2D eigenvalue weighted by Gasteiger charge is 2.38. The molecule has 1 aliphatic carbocycles. The molecule has 0 bridgehead atoms. The summed E-state index contributed by atoms with van der Waals surface area (Å²) in [6, 6.07) is 0. The molecule has 0 radical (unpaired) electrons. The van der Waals surface area contributed by atoms with Crippen LogP contribution in [0.15, 0.2) is 11.1 Å². The van der Waals surface area contributed by atoms with Crippen LogP contribution in [0.4, 0.5) is 0 Å². The Bertz CT molecular complexity index is 213. The minimum atomic E-state index is -0.429. The summed E-state index contributed by atoms with van der Waals surface area (Å²) in [5, 5.41) is 0. The fourth-order valence-corrected chi connectivity index (χ4v) is 1.03. The molecule has 3 heteroatoms. The third-order valence-corrected chi connectivity index (χ3v) is 1.67. The molecule has 2 rings (SSSR count). The molecule has 0 amide bonds. The molecule has 0 atom stereocenters. The summed E-state index contributed by atoms with van der Waals surface area (Å²) in [4.78, 5) is 21.1. The van der Waals surface area contributed by atoms with Gasteiger partial charge in [-0.25, -0.2) is 9.59 Å². The monoisotopic (exact) mass is 124 g/mol. The average molecular weight is 124 g/mol. The number of hydrogen-bond acceptors (Lipinski definition) is 3. The summed E-state index contributed by atoms with van der Waals surface area (Å²) in [5.41, 5.74) is 1.19. The SMILES string of the molecule is O=C1OC(=O)C2=C1CC2. The molecule has 0 saturated carbocycles. The maximum atomic E-state index is 10.5. The molecule has 0 aromatic rings. The molecular formula is C6H4O3. The van der Waals surface area contributed by atoms with E-state index in [0.717, 1.165) is 12.8 Å². The number of rotatable bonds is 0. The zero-order valence-corrected chi connectivity index (χ0v) is 4.64. The van der Waals surface area contributed by atoms with Gasteiger partial charge in [0.1, 0.15) is 0 Å². The second-order valence-corrected chi connectivity index (χ2v) is 2.13. The van der Waals surface area contributed by atoms with E-state index in [-0.39, 0.29) is 0 Å². The molecule has 0 fully saturated rings. The molecule has 46 valence electrons. The van der Waals surface area contributed by atoms with Crippen molar-refractivity contribution in [2.24, 2.45) is 0 Å². The number of carbonyl (C=O) groups is 2. The van der Waals surface area contributed by atoms with Gasteiger partial charge in [0.2, 0.25) is 0 Å². The molecule has 0 saturated heterocycles. The molecule has 1 heterocycles. The van der Waals surface area contributed by atoms with Crippen LogP contribution in [-0.2, 0) is 14.3 Å². The minimum Gasteiger partial charge on any atom is -0.386 e. The van der Waals surface area contributed by atoms with E-state index < -0.39 is 11.9 Å². The van der Waals surface area contributed by atoms with Crippen LogP contribution in [0, 0.1) is 0 Å². The fourth-order valence-electron chi connectivity index (χ4n) is 1.03. The van der Waals surface area contributed by atoms with Crippen molar-refractivity contribution in [1.82, 2.24) is 0 Å². The van der Waals surface area contributed by atoms with E-state index in [1.807, 2.05) is 0 Å². The van der Waals surface area contributed by atoms with Gasteiger partial charge < -0.3 is 4.74 Å². The maximum absolute atomic E-state index is 10.5. The van der Waals surface area contributed by atoms with Gasteiger partial charge in [0.05, 0.1) is 0 Å². The minimum absolute atomic E-state index is 0.429. The van der Waals surface area contributed by atoms with Crippen molar-refractivity contribution in [3.63, 3.8) is 0 Å². The predicted molar refractivity (Wildman–Crippen MR) is 27.4 cm³/mol. The summed E-state index contributed by atoms with van der Waals surface area (Å²) in [5.74, 6) is -0.859. The van der Waals surface area contributed by atoms with Gasteiger partial charge in [0.25, 0.3) is 0 Å². The van der Waals surface area contributed by atoms with Crippen molar-refractivity contribution in [3.05, 3.63) is 11.1 Å². The number of hydrogen-bond donors (Lipinski definition) is 0. The van der Waals surface area contributed by atoms with E-state index >= 15 is 0 Å². The van der Waals surface area contributed by atoms with Crippen molar-refractivity contribution in [2.75, 3.05) is 0 Å². The van der Waals surface area contributed by atoms with Crippen LogP contribution in [0.5, 0.6) is 0 Å². The van der Waals surface area contributed by atoms with Gasteiger partial charge in [-0.05, 0) is 12.8 Å². The second kappa shape index (κ2) is 1.23. The first-order chi connectivity index (χ1) is 4.29. The molecule has 2 aliphatic rings. The molecule has 0 aromatic carbocycles. The van der Waals surface area contributed by atoms with Crippen molar-refractivity contribution in [1.29, 1.82) is 0 Å². The topological polar surface area (TPSA) is 43.4 Å². The van der Waals surface area contributed by atoms with Crippen molar-refractivity contribution >= 4 is 11.9 Å². The Hall–Kier alpha value is -1.12. The van der Waals surface area contributed by atoms with Crippen LogP contribution in [0.2, 0.25) is 0 Å². The lowest BCUT2D eigenvalue weighted by molar-refractivity contribution is -0.150. The Balaban J connectivity index is 2.49. The maximum Gasteiger partial charge on any atom is 0.342 e. The molecule has 1 aliphatic heterocycles. The average Bonchev–Trinajstić information content (AvgIpc) is 1.73. The zero-order valence-electron chi connectivity index (χ0n) is 4.64. The van der Waals surface area contributed by atoms with Crippen LogP contribution < -0.4 is 0 Å². The van der Waals surface area contributed by atoms with Gasteiger partial charge in [-0.1, -0.05) is 0 Å². The van der Waals surface area contributed by atoms with Gasteiger partial charge in [0.15, 0.2) is 0 Å². The molecule has 3 nitrogen and oxygen atoms in total. The number of carbonyl (C=O) groups excluding carboxylic acids is 2. The van der Waals surface area contributed by atoms with Gasteiger partial charge in [-0.2, -0.15) is 0 Å². The summed E-state index contributed by atoms with van der Waals surface area (Å²) in [6.07, 6.45) is 1.44. The van der Waals surface area contributed by atoms with E-state index in [0.29, 0.717) is 11.1 Å². The van der Waals surface area contributed by atoms with E-state index in [9.17, 15) is 9.59 Å². The van der Waals surface area contributed by atoms with E-state index in [4.69, 9.17) is 0 Å². The largest absolute Gasteiger partial charge is 0.386 e. The first-order valence-corrected chi connectivity index (χ1v) is 2.77. The Morgan fingerprint density at radius 1 is 1.00 bits per heavy atom. The lowest BCUT2D eigenvalue weighted by Gasteiger charge is -2.07. The van der Waals surface area contributed by atoms with E-state index in [1.165, 1.54) is 0 Å². The molecular weight excluding hydrogens is 120 g/mol. The van der Waals surface area contributed by atoms with Gasteiger partial charge in [-0.15, -0.1) is 0 Å². The van der Waals surface area contributed by atoms with Crippen molar-refractivity contribution in [3.8, 4) is 0 Å². The first-order valence-electron chi connectivity index (χ1n) is 2.77. The predicted octanol–water partition coefficient (Wildman–Crippen LogP) is 0.160. The standard InChI is InChI=1S/C6H4O3/c7-5-3-1-2-4(3)6(8)9-5/h1-2H2. The summed E-state index contributed by atoms with van der Waals surface area (Å²) in [7, 11) is 0. The first kappa shape index (κ1) is 4.73. The highest BCUT2D eigenvalue weighted by Crippen LogP contribution is 2.34. The normalized spacial score (nSPS) is 23.6. The molecule has 9 heavy (non-hydrogen) atoms. The van der Waals surface area contributed by atoms with Crippen LogP contribution in [0.3, 0.4) is 0 Å². The third kappa shape index (κ3) is 0.415. The molecule has 0 spiro atoms. The zero-order chi connectivity index (χ0) is 6.43. The third-order valence-electron chi connectivity index (χ3n) is 1.67. The smallest absolute Gasteiger partial charge is 0.342 e. The van der Waals surface area contributed by atoms with Gasteiger partial charge in [0, 0.05) is 11.1 Å². The highest BCUT2D eigenvalue weighted by atomic mass is 16.6. The Morgan fingerprint density at radius 3 is 1.67 bits per heavy atom. The van der Waals surface area contributed by atoms with Crippen LogP contribution in [0.1, 0.15) is 12.8 Å². The summed E-state index contributed by atoms with van der Waals surface area (Å²) < 4.78 is 4.30. The van der Waals surface area contributed by atoms with Crippen molar-refractivity contribution < 1.29 is 14.3 Å². The Kier molecular flexibility index (Phi) is 0.649. The molecule has 0 unspecified atom stereocenters. The Morgan fingerprint density at radius 2 is 1.44 bits per heavy atom. The van der Waals surface area contributed by atoms with Gasteiger partial charge in [-0.3, -0.25) is 0 Å². The quantitative estimate of drug-likeness (QED) is 0.341. The lowest BCUT2D eigenvalue weighted by atomic mass is 9.91. The molecule has 0 aromatic heterocycles. The molecule has 0 N–H and O–H groups in total. The number of ether oxygens (including phenoxy) is 1. The lowest BCUT2D eigenvalue weighted by Crippen LogP contribution is -2.05. The number of esters is 2. The number of cyclic esters (lactones) is 2.